The number of carbonyl (C=O) groups excluding carboxylic acids is 2. The van der Waals surface area contributed by atoms with Gasteiger partial charge in [0.15, 0.2) is 0 Å². The molecule has 0 aliphatic carbocycles. The van der Waals surface area contributed by atoms with E-state index in [-0.39, 0.29) is 18.4 Å². The highest BCUT2D eigenvalue weighted by Gasteiger charge is 2.29. The summed E-state index contributed by atoms with van der Waals surface area (Å²) in [5, 5.41) is 1.89. The van der Waals surface area contributed by atoms with E-state index in [0.29, 0.717) is 17.8 Å². The summed E-state index contributed by atoms with van der Waals surface area (Å²) in [5.74, 6) is -0.232. The minimum absolute atomic E-state index is 0.0710. The Morgan fingerprint density at radius 3 is 2.85 bits per heavy atom. The molecule has 0 radical (unpaired) electrons. The molecule has 0 atom stereocenters. The average molecular weight is 287 g/mol. The van der Waals surface area contributed by atoms with Crippen molar-refractivity contribution in [2.45, 2.75) is 6.54 Å². The normalized spacial score (nSPS) is 15.2. The first-order valence-electron chi connectivity index (χ1n) is 6.19. The highest BCUT2D eigenvalue weighted by Crippen LogP contribution is 2.25. The van der Waals surface area contributed by atoms with Crippen molar-refractivity contribution in [3.8, 4) is 0 Å². The second-order valence-electron chi connectivity index (χ2n) is 4.61. The Morgan fingerprint density at radius 2 is 2.10 bits per heavy atom. The SMILES string of the molecule is CN1C(=O)CN(Cc2cscn2)C(=O)c2ccccc21. The summed E-state index contributed by atoms with van der Waals surface area (Å²) < 4.78 is 0. The van der Waals surface area contributed by atoms with Crippen LogP contribution in [0.2, 0.25) is 0 Å². The van der Waals surface area contributed by atoms with Crippen LogP contribution < -0.4 is 4.90 Å². The fourth-order valence-electron chi connectivity index (χ4n) is 2.23. The number of thiazole rings is 1. The molecule has 1 aromatic carbocycles. The smallest absolute Gasteiger partial charge is 0.256 e. The molecule has 5 nitrogen and oxygen atoms in total. The predicted molar refractivity (Wildman–Crippen MR) is 76.7 cm³/mol. The second kappa shape index (κ2) is 5.05. The molecule has 2 amide bonds. The van der Waals surface area contributed by atoms with Crippen LogP contribution in [-0.2, 0) is 11.3 Å². The summed E-state index contributed by atoms with van der Waals surface area (Å²) >= 11 is 1.48. The Morgan fingerprint density at radius 1 is 1.30 bits per heavy atom. The quantitative estimate of drug-likeness (QED) is 0.845. The maximum absolute atomic E-state index is 12.6. The lowest BCUT2D eigenvalue weighted by atomic mass is 10.1. The average Bonchev–Trinajstić information content (AvgIpc) is 2.95. The summed E-state index contributed by atoms with van der Waals surface area (Å²) in [6.45, 7) is 0.428. The molecular weight excluding hydrogens is 274 g/mol. The fourth-order valence-corrected chi connectivity index (χ4v) is 2.78. The van der Waals surface area contributed by atoms with E-state index < -0.39 is 0 Å². The Bertz CT molecular complexity index is 654. The highest BCUT2D eigenvalue weighted by molar-refractivity contribution is 7.07. The van der Waals surface area contributed by atoms with Crippen molar-refractivity contribution < 1.29 is 9.59 Å². The van der Waals surface area contributed by atoms with Crippen molar-refractivity contribution in [3.63, 3.8) is 0 Å². The van der Waals surface area contributed by atoms with E-state index in [1.165, 1.54) is 16.2 Å². The number of benzene rings is 1. The topological polar surface area (TPSA) is 53.5 Å². The van der Waals surface area contributed by atoms with Gasteiger partial charge >= 0.3 is 0 Å². The molecular formula is C14H13N3O2S. The van der Waals surface area contributed by atoms with E-state index in [1.807, 2.05) is 11.4 Å². The van der Waals surface area contributed by atoms with Crippen LogP contribution in [0.5, 0.6) is 0 Å². The van der Waals surface area contributed by atoms with E-state index in [4.69, 9.17) is 0 Å². The van der Waals surface area contributed by atoms with Crippen LogP contribution in [0.3, 0.4) is 0 Å². The summed E-state index contributed by atoms with van der Waals surface area (Å²) in [7, 11) is 1.70. The standard InChI is InChI=1S/C14H13N3O2S/c1-16-12-5-3-2-4-11(12)14(19)17(7-13(16)18)6-10-8-20-9-15-10/h2-5,8-9H,6-7H2,1H3. The zero-order chi connectivity index (χ0) is 14.1. The number of likely N-dealkylation sites (N-methyl/N-ethyl adjacent to an activating group) is 1. The molecule has 2 heterocycles. The van der Waals surface area contributed by atoms with Gasteiger partial charge in [0.2, 0.25) is 5.91 Å². The van der Waals surface area contributed by atoms with Crippen molar-refractivity contribution in [1.29, 1.82) is 0 Å². The molecule has 1 aromatic heterocycles. The fraction of sp³-hybridized carbons (Fsp3) is 0.214. The van der Waals surface area contributed by atoms with Gasteiger partial charge in [-0.3, -0.25) is 9.59 Å². The first kappa shape index (κ1) is 12.8. The number of hydrogen-bond donors (Lipinski definition) is 0. The van der Waals surface area contributed by atoms with Crippen LogP contribution in [0.4, 0.5) is 5.69 Å². The van der Waals surface area contributed by atoms with Crippen LogP contribution in [0, 0.1) is 0 Å². The van der Waals surface area contributed by atoms with E-state index in [0.717, 1.165) is 5.69 Å². The van der Waals surface area contributed by atoms with E-state index in [1.54, 1.807) is 35.7 Å². The molecule has 20 heavy (non-hydrogen) atoms. The molecule has 0 saturated carbocycles. The van der Waals surface area contributed by atoms with Crippen molar-refractivity contribution in [3.05, 3.63) is 46.4 Å². The molecule has 102 valence electrons. The van der Waals surface area contributed by atoms with E-state index in [9.17, 15) is 9.59 Å². The number of anilines is 1. The Labute approximate surface area is 120 Å². The molecule has 0 unspecified atom stereocenters. The number of nitrogens with zero attached hydrogens (tertiary/aromatic N) is 3. The monoisotopic (exact) mass is 287 g/mol. The largest absolute Gasteiger partial charge is 0.323 e. The van der Waals surface area contributed by atoms with Crippen LogP contribution >= 0.6 is 11.3 Å². The number of aromatic nitrogens is 1. The van der Waals surface area contributed by atoms with Gasteiger partial charge in [-0.05, 0) is 12.1 Å². The number of fused-ring (bicyclic) bond motifs is 1. The van der Waals surface area contributed by atoms with Crippen molar-refractivity contribution >= 4 is 28.8 Å². The third-order valence-corrected chi connectivity index (χ3v) is 3.95. The summed E-state index contributed by atoms with van der Waals surface area (Å²) in [6, 6.07) is 7.17. The molecule has 1 aliphatic heterocycles. The number of para-hydroxylation sites is 1. The van der Waals surface area contributed by atoms with Gasteiger partial charge in [0.05, 0.1) is 29.0 Å². The number of rotatable bonds is 2. The van der Waals surface area contributed by atoms with Crippen molar-refractivity contribution in [2.75, 3.05) is 18.5 Å². The minimum atomic E-state index is -0.133. The van der Waals surface area contributed by atoms with Crippen LogP contribution in [-0.4, -0.2) is 35.3 Å². The maximum Gasteiger partial charge on any atom is 0.256 e. The lowest BCUT2D eigenvalue weighted by Gasteiger charge is -2.18. The molecule has 1 aliphatic rings. The third kappa shape index (κ3) is 2.18. The van der Waals surface area contributed by atoms with Crippen LogP contribution in [0.1, 0.15) is 16.1 Å². The van der Waals surface area contributed by atoms with Gasteiger partial charge in [-0.1, -0.05) is 12.1 Å². The first-order valence-corrected chi connectivity index (χ1v) is 7.13. The maximum atomic E-state index is 12.6. The van der Waals surface area contributed by atoms with Gasteiger partial charge in [-0.25, -0.2) is 4.98 Å². The molecule has 0 bridgehead atoms. The molecule has 2 aromatic rings. The Balaban J connectivity index is 1.98. The summed E-state index contributed by atoms with van der Waals surface area (Å²) in [5.41, 5.74) is 3.73. The van der Waals surface area contributed by atoms with Gasteiger partial charge in [0.25, 0.3) is 5.91 Å². The molecule has 3 rings (SSSR count). The van der Waals surface area contributed by atoms with E-state index >= 15 is 0 Å². The molecule has 0 saturated heterocycles. The summed E-state index contributed by atoms with van der Waals surface area (Å²) in [6.07, 6.45) is 0. The van der Waals surface area contributed by atoms with Gasteiger partial charge < -0.3 is 9.80 Å². The molecule has 0 spiro atoms. The number of hydrogen-bond acceptors (Lipinski definition) is 4. The Hall–Kier alpha value is -2.21. The molecule has 0 fully saturated rings. The minimum Gasteiger partial charge on any atom is -0.323 e. The number of amides is 2. The highest BCUT2D eigenvalue weighted by atomic mass is 32.1. The summed E-state index contributed by atoms with van der Waals surface area (Å²) in [4.78, 5) is 32.0. The third-order valence-electron chi connectivity index (χ3n) is 3.32. The van der Waals surface area contributed by atoms with E-state index in [2.05, 4.69) is 4.98 Å². The van der Waals surface area contributed by atoms with Crippen molar-refractivity contribution in [1.82, 2.24) is 9.88 Å². The predicted octanol–water partition coefficient (Wildman–Crippen LogP) is 1.76. The number of carbonyl (C=O) groups is 2. The van der Waals surface area contributed by atoms with Crippen LogP contribution in [0.25, 0.3) is 0 Å². The van der Waals surface area contributed by atoms with Gasteiger partial charge in [0.1, 0.15) is 6.54 Å². The Kier molecular flexibility index (Phi) is 3.23. The van der Waals surface area contributed by atoms with Gasteiger partial charge in [-0.2, -0.15) is 0 Å². The lowest BCUT2D eigenvalue weighted by Crippen LogP contribution is -2.37. The van der Waals surface area contributed by atoms with Crippen molar-refractivity contribution in [2.24, 2.45) is 0 Å². The first-order chi connectivity index (χ1) is 9.66. The molecule has 0 N–H and O–H groups in total. The zero-order valence-corrected chi connectivity index (χ0v) is 11.8. The van der Waals surface area contributed by atoms with Crippen LogP contribution in [0.15, 0.2) is 35.2 Å². The van der Waals surface area contributed by atoms with Gasteiger partial charge in [-0.15, -0.1) is 11.3 Å². The lowest BCUT2D eigenvalue weighted by molar-refractivity contribution is -0.119. The van der Waals surface area contributed by atoms with Gasteiger partial charge in [0, 0.05) is 12.4 Å². The zero-order valence-electron chi connectivity index (χ0n) is 10.9. The second-order valence-corrected chi connectivity index (χ2v) is 5.33. The molecule has 6 heteroatoms.